The van der Waals surface area contributed by atoms with Crippen LogP contribution < -0.4 is 10.5 Å². The van der Waals surface area contributed by atoms with Crippen LogP contribution >= 0.6 is 0 Å². The van der Waals surface area contributed by atoms with Crippen molar-refractivity contribution in [2.75, 3.05) is 20.0 Å². The Morgan fingerprint density at radius 3 is 2.56 bits per heavy atom. The number of carbonyl (C=O) groups excluding carboxylic acids is 1. The van der Waals surface area contributed by atoms with E-state index in [1.54, 1.807) is 0 Å². The van der Waals surface area contributed by atoms with Gasteiger partial charge in [0.25, 0.3) is 6.43 Å². The Kier molecular flexibility index (Phi) is 3.60. The van der Waals surface area contributed by atoms with Gasteiger partial charge in [-0.05, 0) is 0 Å². The lowest BCUT2D eigenvalue weighted by atomic mass is 10.2. The molecule has 0 saturated heterocycles. The highest BCUT2D eigenvalue weighted by Crippen LogP contribution is 2.34. The first-order valence-electron chi connectivity index (χ1n) is 4.21. The largest absolute Gasteiger partial charge is 0.494 e. The lowest BCUT2D eigenvalue weighted by Crippen LogP contribution is -2.11. The van der Waals surface area contributed by atoms with E-state index in [0.717, 1.165) is 13.3 Å². The average Bonchev–Trinajstić information content (AvgIpc) is 2.27. The van der Waals surface area contributed by atoms with Crippen LogP contribution in [0.25, 0.3) is 0 Å². The summed E-state index contributed by atoms with van der Waals surface area (Å²) in [4.78, 5) is 14.7. The first-order valence-corrected chi connectivity index (χ1v) is 4.21. The molecule has 0 saturated carbocycles. The molecule has 1 aromatic rings. The van der Waals surface area contributed by atoms with Gasteiger partial charge in [0.05, 0.1) is 19.8 Å². The maximum absolute atomic E-state index is 12.5. The number of halogens is 2. The van der Waals surface area contributed by atoms with Crippen LogP contribution in [-0.2, 0) is 4.74 Å². The van der Waals surface area contributed by atoms with Crippen LogP contribution in [0.5, 0.6) is 5.75 Å². The molecule has 0 fully saturated rings. The molecular formula is C9H10F2N2O3. The van der Waals surface area contributed by atoms with E-state index in [-0.39, 0.29) is 17.1 Å². The number of carbonyl (C=O) groups is 1. The number of nitrogens with two attached hydrogens (primary N) is 1. The zero-order chi connectivity index (χ0) is 12.3. The Morgan fingerprint density at radius 1 is 1.50 bits per heavy atom. The summed E-state index contributed by atoms with van der Waals surface area (Å²) in [5.74, 6) is -1.07. The van der Waals surface area contributed by atoms with E-state index in [1.165, 1.54) is 7.11 Å². The third-order valence-electron chi connectivity index (χ3n) is 1.91. The fourth-order valence-electron chi connectivity index (χ4n) is 1.17. The zero-order valence-corrected chi connectivity index (χ0v) is 8.66. The van der Waals surface area contributed by atoms with E-state index in [1.807, 2.05) is 0 Å². The molecule has 0 aliphatic heterocycles. The van der Waals surface area contributed by atoms with Crippen LogP contribution in [0.15, 0.2) is 6.20 Å². The molecule has 5 nitrogen and oxygen atoms in total. The lowest BCUT2D eigenvalue weighted by Gasteiger charge is -2.12. The number of esters is 1. The second kappa shape index (κ2) is 4.73. The van der Waals surface area contributed by atoms with Gasteiger partial charge in [0.2, 0.25) is 0 Å². The number of pyridine rings is 1. The molecule has 0 amide bonds. The SMILES string of the molecule is COC(=O)c1ncc(C(F)F)c(OC)c1N. The van der Waals surface area contributed by atoms with Gasteiger partial charge < -0.3 is 15.2 Å². The highest BCUT2D eigenvalue weighted by molar-refractivity contribution is 5.94. The Morgan fingerprint density at radius 2 is 2.12 bits per heavy atom. The van der Waals surface area contributed by atoms with Crippen molar-refractivity contribution >= 4 is 11.7 Å². The maximum atomic E-state index is 12.5. The molecule has 0 radical (unpaired) electrons. The summed E-state index contributed by atoms with van der Waals surface area (Å²) in [5, 5.41) is 0. The topological polar surface area (TPSA) is 74.4 Å². The number of methoxy groups -OCH3 is 2. The third-order valence-corrected chi connectivity index (χ3v) is 1.91. The van der Waals surface area contributed by atoms with Crippen molar-refractivity contribution in [2.24, 2.45) is 0 Å². The standard InChI is InChI=1S/C9H10F2N2O3/c1-15-7-4(8(10)11)3-13-6(5(7)12)9(14)16-2/h3,8H,12H2,1-2H3. The zero-order valence-electron chi connectivity index (χ0n) is 8.66. The van der Waals surface area contributed by atoms with Gasteiger partial charge in [-0.2, -0.15) is 0 Å². The van der Waals surface area contributed by atoms with E-state index in [0.29, 0.717) is 0 Å². The fourth-order valence-corrected chi connectivity index (χ4v) is 1.17. The van der Waals surface area contributed by atoms with Crippen LogP contribution in [0.4, 0.5) is 14.5 Å². The smallest absolute Gasteiger partial charge is 0.358 e. The first kappa shape index (κ1) is 12.2. The van der Waals surface area contributed by atoms with E-state index in [9.17, 15) is 13.6 Å². The number of hydrogen-bond donors (Lipinski definition) is 1. The van der Waals surface area contributed by atoms with Gasteiger partial charge in [-0.15, -0.1) is 0 Å². The van der Waals surface area contributed by atoms with Crippen LogP contribution in [0.1, 0.15) is 22.5 Å². The molecule has 7 heteroatoms. The van der Waals surface area contributed by atoms with Crippen molar-refractivity contribution in [3.05, 3.63) is 17.5 Å². The molecule has 0 aromatic carbocycles. The van der Waals surface area contributed by atoms with Gasteiger partial charge >= 0.3 is 5.97 Å². The molecule has 1 heterocycles. The van der Waals surface area contributed by atoms with Gasteiger partial charge in [-0.25, -0.2) is 18.6 Å². The molecule has 0 spiro atoms. The molecule has 0 atom stereocenters. The fraction of sp³-hybridized carbons (Fsp3) is 0.333. The van der Waals surface area contributed by atoms with Gasteiger partial charge in [-0.3, -0.25) is 0 Å². The minimum Gasteiger partial charge on any atom is -0.494 e. The van der Waals surface area contributed by atoms with E-state index in [4.69, 9.17) is 10.5 Å². The summed E-state index contributed by atoms with van der Waals surface area (Å²) < 4.78 is 34.1. The lowest BCUT2D eigenvalue weighted by molar-refractivity contribution is 0.0594. The van der Waals surface area contributed by atoms with Crippen molar-refractivity contribution in [3.8, 4) is 5.75 Å². The molecule has 0 bridgehead atoms. The van der Waals surface area contributed by atoms with E-state index < -0.39 is 18.0 Å². The van der Waals surface area contributed by atoms with Gasteiger partial charge in [0.15, 0.2) is 11.4 Å². The maximum Gasteiger partial charge on any atom is 0.358 e. The van der Waals surface area contributed by atoms with Crippen molar-refractivity contribution in [2.45, 2.75) is 6.43 Å². The molecule has 16 heavy (non-hydrogen) atoms. The second-order valence-electron chi connectivity index (χ2n) is 2.80. The van der Waals surface area contributed by atoms with Crippen molar-refractivity contribution in [3.63, 3.8) is 0 Å². The van der Waals surface area contributed by atoms with Crippen LogP contribution in [-0.4, -0.2) is 25.2 Å². The molecule has 1 rings (SSSR count). The summed E-state index contributed by atoms with van der Waals surface area (Å²) in [5.41, 5.74) is 4.52. The summed E-state index contributed by atoms with van der Waals surface area (Å²) in [6.45, 7) is 0. The van der Waals surface area contributed by atoms with Gasteiger partial charge in [0, 0.05) is 6.20 Å². The summed E-state index contributed by atoms with van der Waals surface area (Å²) in [6, 6.07) is 0. The van der Waals surface area contributed by atoms with Crippen LogP contribution in [0.3, 0.4) is 0 Å². The molecule has 0 aliphatic rings. The molecule has 0 aliphatic carbocycles. The Labute approximate surface area is 90.2 Å². The number of nitrogen functional groups attached to an aromatic ring is 1. The third kappa shape index (κ3) is 2.02. The minimum absolute atomic E-state index is 0.247. The highest BCUT2D eigenvalue weighted by atomic mass is 19.3. The van der Waals surface area contributed by atoms with E-state index >= 15 is 0 Å². The first-order chi connectivity index (χ1) is 7.52. The minimum atomic E-state index is -2.78. The van der Waals surface area contributed by atoms with Crippen molar-refractivity contribution < 1.29 is 23.0 Å². The predicted octanol–water partition coefficient (Wildman–Crippen LogP) is 1.40. The normalized spacial score (nSPS) is 10.3. The van der Waals surface area contributed by atoms with Crippen molar-refractivity contribution in [1.29, 1.82) is 0 Å². The average molecular weight is 232 g/mol. The Bertz CT molecular complexity index is 410. The molecule has 2 N–H and O–H groups in total. The molecule has 88 valence electrons. The number of aromatic nitrogens is 1. The quantitative estimate of drug-likeness (QED) is 0.797. The van der Waals surface area contributed by atoms with Crippen LogP contribution in [0, 0.1) is 0 Å². The second-order valence-corrected chi connectivity index (χ2v) is 2.80. The molecular weight excluding hydrogens is 222 g/mol. The van der Waals surface area contributed by atoms with Crippen molar-refractivity contribution in [1.82, 2.24) is 4.98 Å². The molecule has 1 aromatic heterocycles. The van der Waals surface area contributed by atoms with Crippen LogP contribution in [0.2, 0.25) is 0 Å². The van der Waals surface area contributed by atoms with E-state index in [2.05, 4.69) is 9.72 Å². The summed E-state index contributed by atoms with van der Waals surface area (Å²) >= 11 is 0. The Balaban J connectivity index is 3.34. The van der Waals surface area contributed by atoms with Gasteiger partial charge in [0.1, 0.15) is 5.69 Å². The number of alkyl halides is 2. The van der Waals surface area contributed by atoms with Gasteiger partial charge in [-0.1, -0.05) is 0 Å². The monoisotopic (exact) mass is 232 g/mol. The predicted molar refractivity (Wildman–Crippen MR) is 51.5 cm³/mol. The molecule has 0 unspecified atom stereocenters. The number of hydrogen-bond acceptors (Lipinski definition) is 5. The Hall–Kier alpha value is -1.92. The summed E-state index contributed by atoms with van der Waals surface area (Å²) in [7, 11) is 2.32. The number of anilines is 1. The highest BCUT2D eigenvalue weighted by Gasteiger charge is 2.23. The number of nitrogens with zero attached hydrogens (tertiary/aromatic N) is 1. The number of rotatable bonds is 3. The number of ether oxygens (including phenoxy) is 2. The summed E-state index contributed by atoms with van der Waals surface area (Å²) in [6.07, 6.45) is -1.94.